The van der Waals surface area contributed by atoms with Crippen LogP contribution in [0, 0.1) is 11.3 Å². The minimum Gasteiger partial charge on any atom is -0.466 e. The molecule has 0 unspecified atom stereocenters. The Kier molecular flexibility index (Phi) is 5.23. The van der Waals surface area contributed by atoms with E-state index in [0.29, 0.717) is 5.57 Å². The van der Waals surface area contributed by atoms with Gasteiger partial charge >= 0.3 is 5.97 Å². The second kappa shape index (κ2) is 5.92. The first-order chi connectivity index (χ1) is 6.52. The molecular formula is C10H13NO3. The molecule has 0 aromatic rings. The molecule has 4 heteroatoms. The number of rotatable bonds is 4. The highest BCUT2D eigenvalue weighted by Crippen LogP contribution is 2.06. The predicted molar refractivity (Wildman–Crippen MR) is 50.2 cm³/mol. The molecule has 0 aliphatic heterocycles. The van der Waals surface area contributed by atoms with Crippen molar-refractivity contribution in [2.24, 2.45) is 0 Å². The van der Waals surface area contributed by atoms with E-state index >= 15 is 0 Å². The number of nitriles is 1. The number of carbonyl (C=O) groups is 2. The molecule has 14 heavy (non-hydrogen) atoms. The molecule has 0 spiro atoms. The third-order valence-corrected chi connectivity index (χ3v) is 1.50. The monoisotopic (exact) mass is 195 g/mol. The first-order valence-electron chi connectivity index (χ1n) is 4.29. The van der Waals surface area contributed by atoms with Gasteiger partial charge in [-0.3, -0.25) is 9.59 Å². The number of allylic oxidation sites excluding steroid dienone is 2. The summed E-state index contributed by atoms with van der Waals surface area (Å²) >= 11 is 0. The average Bonchev–Trinajstić information content (AvgIpc) is 2.04. The molecule has 0 atom stereocenters. The maximum absolute atomic E-state index is 11.3. The van der Waals surface area contributed by atoms with Gasteiger partial charge in [0.05, 0.1) is 12.2 Å². The SMILES string of the molecule is CCOC(=O)CC(=O)C(C#N)=C(C)C. The van der Waals surface area contributed by atoms with Gasteiger partial charge in [0.15, 0.2) is 5.78 Å². The van der Waals surface area contributed by atoms with Gasteiger partial charge in [-0.25, -0.2) is 0 Å². The molecule has 0 aromatic heterocycles. The fraction of sp³-hybridized carbons (Fsp3) is 0.500. The zero-order chi connectivity index (χ0) is 11.1. The van der Waals surface area contributed by atoms with E-state index in [2.05, 4.69) is 4.74 Å². The molecule has 0 rings (SSSR count). The van der Waals surface area contributed by atoms with Gasteiger partial charge < -0.3 is 4.74 Å². The van der Waals surface area contributed by atoms with Crippen LogP contribution in [-0.4, -0.2) is 18.4 Å². The zero-order valence-corrected chi connectivity index (χ0v) is 8.59. The van der Waals surface area contributed by atoms with Crippen LogP contribution in [0.4, 0.5) is 0 Å². The lowest BCUT2D eigenvalue weighted by Gasteiger charge is -2.01. The lowest BCUT2D eigenvalue weighted by Crippen LogP contribution is -2.13. The van der Waals surface area contributed by atoms with Crippen LogP contribution in [0.15, 0.2) is 11.1 Å². The Morgan fingerprint density at radius 2 is 1.93 bits per heavy atom. The summed E-state index contributed by atoms with van der Waals surface area (Å²) in [5, 5.41) is 8.63. The van der Waals surface area contributed by atoms with E-state index in [0.717, 1.165) is 0 Å². The lowest BCUT2D eigenvalue weighted by molar-refractivity contribution is -0.144. The quantitative estimate of drug-likeness (QED) is 0.294. The number of hydrogen-bond donors (Lipinski definition) is 0. The summed E-state index contributed by atoms with van der Waals surface area (Å²) in [4.78, 5) is 22.2. The average molecular weight is 195 g/mol. The summed E-state index contributed by atoms with van der Waals surface area (Å²) in [6, 6.07) is 1.77. The molecule has 0 fully saturated rings. The molecule has 0 saturated heterocycles. The molecule has 76 valence electrons. The second-order valence-corrected chi connectivity index (χ2v) is 2.89. The lowest BCUT2D eigenvalue weighted by atomic mass is 10.1. The number of esters is 1. The van der Waals surface area contributed by atoms with E-state index in [1.54, 1.807) is 26.8 Å². The normalized spacial score (nSPS) is 8.71. The van der Waals surface area contributed by atoms with Gasteiger partial charge in [0.25, 0.3) is 0 Å². The Morgan fingerprint density at radius 1 is 1.36 bits per heavy atom. The highest BCUT2D eigenvalue weighted by atomic mass is 16.5. The van der Waals surface area contributed by atoms with Gasteiger partial charge in [-0.05, 0) is 20.8 Å². The van der Waals surface area contributed by atoms with Gasteiger partial charge in [-0.2, -0.15) is 5.26 Å². The van der Waals surface area contributed by atoms with Crippen molar-refractivity contribution in [2.75, 3.05) is 6.61 Å². The largest absolute Gasteiger partial charge is 0.466 e. The molecule has 0 bridgehead atoms. The Labute approximate surface area is 83.2 Å². The van der Waals surface area contributed by atoms with Gasteiger partial charge in [0.1, 0.15) is 12.5 Å². The van der Waals surface area contributed by atoms with Gasteiger partial charge in [-0.15, -0.1) is 0 Å². The molecular weight excluding hydrogens is 182 g/mol. The van der Waals surface area contributed by atoms with Gasteiger partial charge in [0, 0.05) is 0 Å². The maximum Gasteiger partial charge on any atom is 0.313 e. The summed E-state index contributed by atoms with van der Waals surface area (Å²) in [6.45, 7) is 5.21. The Balaban J connectivity index is 4.44. The molecule has 0 radical (unpaired) electrons. The van der Waals surface area contributed by atoms with Crippen LogP contribution in [0.1, 0.15) is 27.2 Å². The molecule has 0 aliphatic carbocycles. The zero-order valence-electron chi connectivity index (χ0n) is 8.59. The standard InChI is InChI=1S/C10H13NO3/c1-4-14-10(13)5-9(12)8(6-11)7(2)3/h4-5H2,1-3H3. The van der Waals surface area contributed by atoms with Crippen molar-refractivity contribution in [3.05, 3.63) is 11.1 Å². The number of ketones is 1. The Bertz CT molecular complexity index is 306. The van der Waals surface area contributed by atoms with E-state index in [9.17, 15) is 9.59 Å². The van der Waals surface area contributed by atoms with Crippen molar-refractivity contribution in [2.45, 2.75) is 27.2 Å². The predicted octanol–water partition coefficient (Wildman–Crippen LogP) is 1.37. The summed E-state index contributed by atoms with van der Waals surface area (Å²) in [6.07, 6.45) is -0.359. The summed E-state index contributed by atoms with van der Waals surface area (Å²) in [5.41, 5.74) is 0.653. The van der Waals surface area contributed by atoms with Crippen LogP contribution < -0.4 is 0 Å². The van der Waals surface area contributed by atoms with Crippen molar-refractivity contribution >= 4 is 11.8 Å². The number of nitrogens with zero attached hydrogens (tertiary/aromatic N) is 1. The van der Waals surface area contributed by atoms with Crippen molar-refractivity contribution < 1.29 is 14.3 Å². The minimum atomic E-state index is -0.591. The van der Waals surface area contributed by atoms with Crippen LogP contribution in [-0.2, 0) is 14.3 Å². The minimum absolute atomic E-state index is 0.0399. The van der Waals surface area contributed by atoms with Crippen LogP contribution in [0.3, 0.4) is 0 Å². The topological polar surface area (TPSA) is 67.2 Å². The molecule has 0 aliphatic rings. The first kappa shape index (κ1) is 12.4. The number of carbonyl (C=O) groups excluding carboxylic acids is 2. The molecule has 0 heterocycles. The van der Waals surface area contributed by atoms with Crippen LogP contribution in [0.25, 0.3) is 0 Å². The smallest absolute Gasteiger partial charge is 0.313 e. The Morgan fingerprint density at radius 3 is 2.29 bits per heavy atom. The summed E-state index contributed by atoms with van der Waals surface area (Å²) in [7, 11) is 0. The van der Waals surface area contributed by atoms with E-state index < -0.39 is 11.8 Å². The van der Waals surface area contributed by atoms with Crippen molar-refractivity contribution in [1.82, 2.24) is 0 Å². The highest BCUT2D eigenvalue weighted by Gasteiger charge is 2.15. The molecule has 4 nitrogen and oxygen atoms in total. The van der Waals surface area contributed by atoms with Crippen molar-refractivity contribution in [3.8, 4) is 6.07 Å². The van der Waals surface area contributed by atoms with E-state index in [1.165, 1.54) is 0 Å². The fourth-order valence-electron chi connectivity index (χ4n) is 0.884. The van der Waals surface area contributed by atoms with Crippen molar-refractivity contribution in [1.29, 1.82) is 5.26 Å². The highest BCUT2D eigenvalue weighted by molar-refractivity contribution is 6.08. The summed E-state index contributed by atoms with van der Waals surface area (Å²) < 4.78 is 4.60. The third kappa shape index (κ3) is 3.85. The third-order valence-electron chi connectivity index (χ3n) is 1.50. The Hall–Kier alpha value is -1.63. The first-order valence-corrected chi connectivity index (χ1v) is 4.29. The van der Waals surface area contributed by atoms with E-state index in [1.807, 2.05) is 0 Å². The van der Waals surface area contributed by atoms with Crippen LogP contribution in [0.5, 0.6) is 0 Å². The second-order valence-electron chi connectivity index (χ2n) is 2.89. The maximum atomic E-state index is 11.3. The molecule has 0 saturated carbocycles. The molecule has 0 amide bonds. The van der Waals surface area contributed by atoms with Gasteiger partial charge in [-0.1, -0.05) is 5.57 Å². The van der Waals surface area contributed by atoms with Gasteiger partial charge in [0.2, 0.25) is 0 Å². The summed E-state index contributed by atoms with van der Waals surface area (Å²) in [5.74, 6) is -1.07. The molecule has 0 aromatic carbocycles. The molecule has 0 N–H and O–H groups in total. The van der Waals surface area contributed by atoms with Crippen molar-refractivity contribution in [3.63, 3.8) is 0 Å². The number of hydrogen-bond acceptors (Lipinski definition) is 4. The van der Waals surface area contributed by atoms with E-state index in [4.69, 9.17) is 5.26 Å². The van der Waals surface area contributed by atoms with E-state index in [-0.39, 0.29) is 18.6 Å². The fourth-order valence-corrected chi connectivity index (χ4v) is 0.884. The van der Waals surface area contributed by atoms with Crippen LogP contribution in [0.2, 0.25) is 0 Å². The number of ether oxygens (including phenoxy) is 1. The van der Waals surface area contributed by atoms with Crippen LogP contribution >= 0.6 is 0 Å². The number of Topliss-reactive ketones (excluding diaryl/α,β-unsaturated/α-hetero) is 1.